The molecule has 0 heterocycles. The number of allylic oxidation sites excluding steroid dienone is 7. The number of nitrogens with one attached hydrogen (secondary N) is 1. The van der Waals surface area contributed by atoms with Crippen molar-refractivity contribution in [3.05, 3.63) is 48.6 Å². The van der Waals surface area contributed by atoms with Crippen molar-refractivity contribution in [1.82, 2.24) is 5.32 Å². The van der Waals surface area contributed by atoms with Crippen molar-refractivity contribution >= 4 is 16.0 Å². The van der Waals surface area contributed by atoms with Crippen LogP contribution in [0.3, 0.4) is 0 Å². The van der Waals surface area contributed by atoms with E-state index in [0.717, 1.165) is 57.8 Å². The summed E-state index contributed by atoms with van der Waals surface area (Å²) in [5.74, 6) is -1.58. The summed E-state index contributed by atoms with van der Waals surface area (Å²) in [6.07, 6.45) is 38.8. The van der Waals surface area contributed by atoms with Gasteiger partial charge in [0.15, 0.2) is 0 Å². The molecule has 0 radical (unpaired) electrons. The highest BCUT2D eigenvalue weighted by Gasteiger charge is 2.27. The van der Waals surface area contributed by atoms with Crippen molar-refractivity contribution in [3.8, 4) is 0 Å². The summed E-state index contributed by atoms with van der Waals surface area (Å²) in [5, 5.41) is 23.2. The van der Waals surface area contributed by atoms with Crippen molar-refractivity contribution in [3.63, 3.8) is 0 Å². The number of hydrogen-bond acceptors (Lipinski definition) is 5. The minimum atomic E-state index is -4.45. The lowest BCUT2D eigenvalue weighted by molar-refractivity contribution is -0.130. The molecule has 8 heteroatoms. The van der Waals surface area contributed by atoms with Gasteiger partial charge in [-0.3, -0.25) is 9.35 Å². The van der Waals surface area contributed by atoms with Crippen LogP contribution in [0.4, 0.5) is 0 Å². The largest absolute Gasteiger partial charge is 0.387 e. The van der Waals surface area contributed by atoms with Gasteiger partial charge < -0.3 is 15.5 Å². The van der Waals surface area contributed by atoms with Crippen LogP contribution in [0, 0.1) is 0 Å². The maximum absolute atomic E-state index is 12.5. The number of hydrogen-bond donors (Lipinski definition) is 4. The van der Waals surface area contributed by atoms with Crippen molar-refractivity contribution in [1.29, 1.82) is 0 Å². The number of amides is 1. The number of aliphatic hydroxyl groups excluding tert-OH is 2. The van der Waals surface area contributed by atoms with E-state index in [1.807, 2.05) is 0 Å². The molecular formula is C38H69NO6S. The fourth-order valence-electron chi connectivity index (χ4n) is 5.17. The molecule has 1 amide bonds. The van der Waals surface area contributed by atoms with Gasteiger partial charge in [-0.2, -0.15) is 8.42 Å². The van der Waals surface area contributed by atoms with Crippen molar-refractivity contribution < 1.29 is 28.0 Å². The maximum atomic E-state index is 12.5. The van der Waals surface area contributed by atoms with Crippen LogP contribution in [0.1, 0.15) is 162 Å². The highest BCUT2D eigenvalue weighted by atomic mass is 32.2. The molecule has 46 heavy (non-hydrogen) atoms. The molecule has 0 aromatic heterocycles. The molecule has 0 saturated heterocycles. The Hall–Kier alpha value is -1.74. The highest BCUT2D eigenvalue weighted by molar-refractivity contribution is 7.85. The lowest BCUT2D eigenvalue weighted by Crippen LogP contribution is -2.50. The summed E-state index contributed by atoms with van der Waals surface area (Å²) in [4.78, 5) is 12.5. The third-order valence-electron chi connectivity index (χ3n) is 8.06. The van der Waals surface area contributed by atoms with Gasteiger partial charge in [0.2, 0.25) is 5.91 Å². The average molecular weight is 668 g/mol. The van der Waals surface area contributed by atoms with E-state index >= 15 is 0 Å². The molecule has 4 N–H and O–H groups in total. The van der Waals surface area contributed by atoms with E-state index in [2.05, 4.69) is 55.6 Å². The summed E-state index contributed by atoms with van der Waals surface area (Å²) < 4.78 is 32.3. The Bertz CT molecular complexity index is 927. The van der Waals surface area contributed by atoms with Crippen LogP contribution in [0.2, 0.25) is 0 Å². The first-order chi connectivity index (χ1) is 22.2. The molecular weight excluding hydrogens is 598 g/mol. The van der Waals surface area contributed by atoms with Gasteiger partial charge in [0.05, 0.1) is 17.9 Å². The van der Waals surface area contributed by atoms with E-state index in [-0.39, 0.29) is 6.42 Å². The Morgan fingerprint density at radius 2 is 1.00 bits per heavy atom. The second kappa shape index (κ2) is 31.8. The zero-order valence-corrected chi connectivity index (χ0v) is 30.1. The first-order valence-electron chi connectivity index (χ1n) is 18.4. The summed E-state index contributed by atoms with van der Waals surface area (Å²) in [5.41, 5.74) is 0. The van der Waals surface area contributed by atoms with Gasteiger partial charge in [-0.15, -0.1) is 0 Å². The Balaban J connectivity index is 4.17. The Morgan fingerprint density at radius 3 is 1.50 bits per heavy atom. The van der Waals surface area contributed by atoms with Crippen LogP contribution in [0.25, 0.3) is 0 Å². The standard InChI is InChI=1S/C38H69NO6S/c1-3-5-7-9-11-13-15-17-18-19-20-21-23-25-27-29-31-33-37(41)38(42)39-35(34-46(43,44)45)36(40)32-30-28-26-24-22-16-14-12-10-8-6-4-2/h10,12,20-22,24,30,32,35-37,40-41H,3-9,11,13-19,23,25-29,31,33-34H2,1-2H3,(H,39,42)(H,43,44,45)/b12-10+,21-20-,24-22+,32-30+. The zero-order valence-electron chi connectivity index (χ0n) is 29.3. The molecule has 0 saturated carbocycles. The molecule has 3 unspecified atom stereocenters. The van der Waals surface area contributed by atoms with Crippen LogP contribution < -0.4 is 5.32 Å². The topological polar surface area (TPSA) is 124 Å². The zero-order chi connectivity index (χ0) is 34.1. The van der Waals surface area contributed by atoms with Gasteiger partial charge in [0.25, 0.3) is 10.1 Å². The first-order valence-corrected chi connectivity index (χ1v) is 20.1. The van der Waals surface area contributed by atoms with E-state index in [1.54, 1.807) is 6.08 Å². The van der Waals surface area contributed by atoms with Gasteiger partial charge >= 0.3 is 0 Å². The second-order valence-corrected chi connectivity index (χ2v) is 14.1. The lowest BCUT2D eigenvalue weighted by Gasteiger charge is -2.22. The van der Waals surface area contributed by atoms with Crippen LogP contribution in [-0.4, -0.2) is 53.1 Å². The number of aliphatic hydroxyl groups is 2. The molecule has 0 aromatic carbocycles. The summed E-state index contributed by atoms with van der Waals surface area (Å²) in [7, 11) is -4.45. The highest BCUT2D eigenvalue weighted by Crippen LogP contribution is 2.12. The first kappa shape index (κ1) is 44.3. The maximum Gasteiger partial charge on any atom is 0.267 e. The molecule has 0 spiro atoms. The Morgan fingerprint density at radius 1 is 0.587 bits per heavy atom. The summed E-state index contributed by atoms with van der Waals surface area (Å²) in [6.45, 7) is 4.44. The molecule has 0 aliphatic rings. The smallest absolute Gasteiger partial charge is 0.267 e. The molecule has 7 nitrogen and oxygen atoms in total. The van der Waals surface area contributed by atoms with Gasteiger partial charge in [-0.05, 0) is 64.2 Å². The van der Waals surface area contributed by atoms with Crippen LogP contribution in [0.5, 0.6) is 0 Å². The van der Waals surface area contributed by atoms with Gasteiger partial charge in [0, 0.05) is 0 Å². The van der Waals surface area contributed by atoms with E-state index < -0.39 is 40.0 Å². The fourth-order valence-corrected chi connectivity index (χ4v) is 5.91. The van der Waals surface area contributed by atoms with Crippen molar-refractivity contribution in [2.24, 2.45) is 0 Å². The molecule has 0 aromatic rings. The van der Waals surface area contributed by atoms with Gasteiger partial charge in [-0.1, -0.05) is 146 Å². The van der Waals surface area contributed by atoms with Crippen LogP contribution in [-0.2, 0) is 14.9 Å². The van der Waals surface area contributed by atoms with E-state index in [0.29, 0.717) is 12.8 Å². The van der Waals surface area contributed by atoms with Gasteiger partial charge in [0.1, 0.15) is 6.10 Å². The number of carbonyl (C=O) groups excluding carboxylic acids is 1. The second-order valence-electron chi connectivity index (χ2n) is 12.6. The minimum absolute atomic E-state index is 0.256. The van der Waals surface area contributed by atoms with Crippen molar-refractivity contribution in [2.45, 2.75) is 180 Å². The third kappa shape index (κ3) is 30.9. The molecule has 0 aliphatic heterocycles. The quantitative estimate of drug-likeness (QED) is 0.0322. The lowest BCUT2D eigenvalue weighted by atomic mass is 10.1. The SMILES string of the molecule is CCCC/C=C/CC/C=C/CC/C=C/C(O)C(CS(=O)(=O)O)NC(=O)C(O)CCCCCC/C=C\CCCCCCCCCCC. The molecule has 0 rings (SSSR count). The van der Waals surface area contributed by atoms with E-state index in [4.69, 9.17) is 0 Å². The predicted octanol–water partition coefficient (Wildman–Crippen LogP) is 9.32. The summed E-state index contributed by atoms with van der Waals surface area (Å²) in [6, 6.07) is -1.26. The predicted molar refractivity (Wildman–Crippen MR) is 194 cm³/mol. The molecule has 0 aliphatic carbocycles. The van der Waals surface area contributed by atoms with Gasteiger partial charge in [-0.25, -0.2) is 0 Å². The Labute approximate surface area is 282 Å². The number of rotatable bonds is 32. The normalized spacial score (nSPS) is 14.6. The molecule has 0 fully saturated rings. The van der Waals surface area contributed by atoms with Crippen molar-refractivity contribution in [2.75, 3.05) is 5.75 Å². The van der Waals surface area contributed by atoms with Crippen LogP contribution in [0.15, 0.2) is 48.6 Å². The van der Waals surface area contributed by atoms with Crippen LogP contribution >= 0.6 is 0 Å². The summed E-state index contributed by atoms with van der Waals surface area (Å²) >= 11 is 0. The molecule has 3 atom stereocenters. The average Bonchev–Trinajstić information content (AvgIpc) is 3.01. The monoisotopic (exact) mass is 667 g/mol. The number of carbonyl (C=O) groups is 1. The Kier molecular flexibility index (Phi) is 30.6. The molecule has 268 valence electrons. The van der Waals surface area contributed by atoms with E-state index in [1.165, 1.54) is 76.7 Å². The van der Waals surface area contributed by atoms with E-state index in [9.17, 15) is 28.0 Å². The minimum Gasteiger partial charge on any atom is -0.387 e. The molecule has 0 bridgehead atoms. The third-order valence-corrected chi connectivity index (χ3v) is 8.84. The fraction of sp³-hybridized carbons (Fsp3) is 0.763. The number of unbranched alkanes of at least 4 members (excludes halogenated alkanes) is 17.